The Morgan fingerprint density at radius 2 is 2.00 bits per heavy atom. The molecule has 0 aliphatic carbocycles. The summed E-state index contributed by atoms with van der Waals surface area (Å²) < 4.78 is 17.0. The Kier molecular flexibility index (Phi) is 6.84. The number of aromatic nitrogens is 1. The summed E-state index contributed by atoms with van der Waals surface area (Å²) in [5.41, 5.74) is 3.62. The molecule has 1 aliphatic heterocycles. The highest BCUT2D eigenvalue weighted by Gasteiger charge is 2.44. The summed E-state index contributed by atoms with van der Waals surface area (Å²) in [5, 5.41) is 0. The maximum Gasteiger partial charge on any atom is 0.326 e. The number of carbonyl (C=O) groups is 1. The molecule has 0 radical (unpaired) electrons. The molecule has 33 heavy (non-hydrogen) atoms. The van der Waals surface area contributed by atoms with Crippen LogP contribution in [0.2, 0.25) is 0 Å². The van der Waals surface area contributed by atoms with Crippen molar-refractivity contribution in [3.63, 3.8) is 0 Å². The summed E-state index contributed by atoms with van der Waals surface area (Å²) in [7, 11) is 1.46. The predicted molar refractivity (Wildman–Crippen MR) is 127 cm³/mol. The lowest BCUT2D eigenvalue weighted by Gasteiger charge is -2.32. The van der Waals surface area contributed by atoms with Crippen LogP contribution >= 0.6 is 0 Å². The van der Waals surface area contributed by atoms with Gasteiger partial charge in [-0.25, -0.2) is 4.98 Å². The Bertz CT molecular complexity index is 1120. The Morgan fingerprint density at radius 1 is 1.18 bits per heavy atom. The van der Waals surface area contributed by atoms with Crippen molar-refractivity contribution in [3.05, 3.63) is 71.1 Å². The van der Waals surface area contributed by atoms with Crippen LogP contribution in [-0.4, -0.2) is 41.7 Å². The maximum absolute atomic E-state index is 12.3. The van der Waals surface area contributed by atoms with Gasteiger partial charge in [0, 0.05) is 18.5 Å². The van der Waals surface area contributed by atoms with Crippen LogP contribution in [0.3, 0.4) is 0 Å². The third-order valence-electron chi connectivity index (χ3n) is 6.56. The summed E-state index contributed by atoms with van der Waals surface area (Å²) in [4.78, 5) is 19.2. The SMILES string of the molecule is COC(=O)C1(C)CCCN1Cc1cccc(OCCc2nc(-c3ccccc3C)oc2C)c1. The van der Waals surface area contributed by atoms with Crippen LogP contribution in [0.15, 0.2) is 52.9 Å². The smallest absolute Gasteiger partial charge is 0.326 e. The van der Waals surface area contributed by atoms with Gasteiger partial charge >= 0.3 is 5.97 Å². The molecule has 1 aromatic heterocycles. The molecule has 0 amide bonds. The number of hydrogen-bond donors (Lipinski definition) is 0. The van der Waals surface area contributed by atoms with Crippen molar-refractivity contribution in [2.75, 3.05) is 20.3 Å². The van der Waals surface area contributed by atoms with E-state index in [1.54, 1.807) is 0 Å². The number of hydrogen-bond acceptors (Lipinski definition) is 6. The minimum absolute atomic E-state index is 0.166. The number of rotatable bonds is 8. The van der Waals surface area contributed by atoms with Crippen molar-refractivity contribution in [2.24, 2.45) is 0 Å². The monoisotopic (exact) mass is 448 g/mol. The normalized spacial score (nSPS) is 18.4. The first-order valence-corrected chi connectivity index (χ1v) is 11.5. The van der Waals surface area contributed by atoms with Gasteiger partial charge < -0.3 is 13.9 Å². The van der Waals surface area contributed by atoms with Gasteiger partial charge in [0.25, 0.3) is 0 Å². The van der Waals surface area contributed by atoms with Gasteiger partial charge in [0.1, 0.15) is 17.0 Å². The Hall–Kier alpha value is -3.12. The third kappa shape index (κ3) is 4.96. The number of ether oxygens (including phenoxy) is 2. The first kappa shape index (κ1) is 23.1. The largest absolute Gasteiger partial charge is 0.493 e. The van der Waals surface area contributed by atoms with E-state index in [0.717, 1.165) is 53.3 Å². The van der Waals surface area contributed by atoms with E-state index in [-0.39, 0.29) is 5.97 Å². The molecule has 1 aliphatic rings. The molecule has 0 saturated carbocycles. The van der Waals surface area contributed by atoms with Crippen molar-refractivity contribution < 1.29 is 18.7 Å². The number of esters is 1. The van der Waals surface area contributed by atoms with Crippen LogP contribution in [0.4, 0.5) is 0 Å². The lowest BCUT2D eigenvalue weighted by molar-refractivity contribution is -0.152. The van der Waals surface area contributed by atoms with Crippen molar-refractivity contribution in [1.82, 2.24) is 9.88 Å². The minimum atomic E-state index is -0.565. The fourth-order valence-electron chi connectivity index (χ4n) is 4.53. The zero-order chi connectivity index (χ0) is 23.4. The molecule has 6 nitrogen and oxygen atoms in total. The summed E-state index contributed by atoms with van der Waals surface area (Å²) in [6.45, 7) is 8.04. The quantitative estimate of drug-likeness (QED) is 0.446. The average molecular weight is 449 g/mol. The van der Waals surface area contributed by atoms with Gasteiger partial charge in [0.2, 0.25) is 5.89 Å². The predicted octanol–water partition coefficient (Wildman–Crippen LogP) is 5.11. The molecule has 0 spiro atoms. The molecular weight excluding hydrogens is 416 g/mol. The highest BCUT2D eigenvalue weighted by atomic mass is 16.5. The first-order chi connectivity index (χ1) is 15.9. The highest BCUT2D eigenvalue weighted by molar-refractivity contribution is 5.80. The number of benzene rings is 2. The molecule has 1 fully saturated rings. The Balaban J connectivity index is 1.37. The van der Waals surface area contributed by atoms with Crippen molar-refractivity contribution in [1.29, 1.82) is 0 Å². The average Bonchev–Trinajstić information content (AvgIpc) is 3.37. The van der Waals surface area contributed by atoms with Gasteiger partial charge in [-0.05, 0) is 69.5 Å². The standard InChI is InChI=1S/C27H32N2O4/c1-19-9-5-6-12-23(19)25-28-24(20(2)33-25)13-16-32-22-11-7-10-21(17-22)18-29-15-8-14-27(29,3)26(30)31-4/h5-7,9-12,17H,8,13-16,18H2,1-4H3. The molecule has 3 aromatic rings. The molecule has 0 N–H and O–H groups in total. The second-order valence-electron chi connectivity index (χ2n) is 8.87. The number of nitrogens with zero attached hydrogens (tertiary/aromatic N) is 2. The van der Waals surface area contributed by atoms with Gasteiger partial charge in [-0.2, -0.15) is 0 Å². The minimum Gasteiger partial charge on any atom is -0.493 e. The van der Waals surface area contributed by atoms with Crippen molar-refractivity contribution in [3.8, 4) is 17.2 Å². The Morgan fingerprint density at radius 3 is 2.79 bits per heavy atom. The van der Waals surface area contributed by atoms with Gasteiger partial charge in [-0.15, -0.1) is 0 Å². The zero-order valence-electron chi connectivity index (χ0n) is 19.9. The summed E-state index contributed by atoms with van der Waals surface area (Å²) in [5.74, 6) is 2.12. The molecule has 1 saturated heterocycles. The molecule has 4 rings (SSSR count). The molecule has 1 atom stereocenters. The third-order valence-corrected chi connectivity index (χ3v) is 6.56. The van der Waals surface area contributed by atoms with Crippen LogP contribution in [0.25, 0.3) is 11.5 Å². The van der Waals surface area contributed by atoms with E-state index in [9.17, 15) is 4.79 Å². The first-order valence-electron chi connectivity index (χ1n) is 11.5. The van der Waals surface area contributed by atoms with E-state index in [4.69, 9.17) is 18.9 Å². The molecular formula is C27H32N2O4. The lowest BCUT2D eigenvalue weighted by Crippen LogP contribution is -2.48. The van der Waals surface area contributed by atoms with Gasteiger partial charge in [-0.1, -0.05) is 30.3 Å². The van der Waals surface area contributed by atoms with E-state index in [2.05, 4.69) is 24.0 Å². The number of methoxy groups -OCH3 is 1. The topological polar surface area (TPSA) is 64.8 Å². The van der Waals surface area contributed by atoms with Crippen molar-refractivity contribution in [2.45, 2.75) is 52.1 Å². The summed E-state index contributed by atoms with van der Waals surface area (Å²) in [6, 6.07) is 16.2. The highest BCUT2D eigenvalue weighted by Crippen LogP contribution is 2.32. The van der Waals surface area contributed by atoms with Crippen molar-refractivity contribution >= 4 is 5.97 Å². The molecule has 0 bridgehead atoms. The van der Waals surface area contributed by atoms with E-state index in [1.165, 1.54) is 7.11 Å². The lowest BCUT2D eigenvalue weighted by atomic mass is 9.98. The Labute approximate surface area is 195 Å². The van der Waals surface area contributed by atoms with E-state index in [1.807, 2.05) is 50.2 Å². The number of carbonyl (C=O) groups excluding carboxylic acids is 1. The summed E-state index contributed by atoms with van der Waals surface area (Å²) >= 11 is 0. The van der Waals surface area contributed by atoms with Crippen LogP contribution in [-0.2, 0) is 22.5 Å². The van der Waals surface area contributed by atoms with Crippen LogP contribution in [0, 0.1) is 13.8 Å². The fraction of sp³-hybridized carbons (Fsp3) is 0.407. The molecule has 174 valence electrons. The molecule has 1 unspecified atom stereocenters. The fourth-order valence-corrected chi connectivity index (χ4v) is 4.53. The molecule has 6 heteroatoms. The molecule has 2 aromatic carbocycles. The van der Waals surface area contributed by atoms with E-state index >= 15 is 0 Å². The number of aryl methyl sites for hydroxylation is 2. The second kappa shape index (κ2) is 9.79. The maximum atomic E-state index is 12.3. The van der Waals surface area contributed by atoms with Crippen LogP contribution in [0.1, 0.15) is 42.3 Å². The zero-order valence-corrected chi connectivity index (χ0v) is 19.9. The van der Waals surface area contributed by atoms with Gasteiger partial charge in [0.15, 0.2) is 0 Å². The second-order valence-corrected chi connectivity index (χ2v) is 8.87. The van der Waals surface area contributed by atoms with E-state index in [0.29, 0.717) is 25.5 Å². The summed E-state index contributed by atoms with van der Waals surface area (Å²) in [6.07, 6.45) is 2.47. The van der Waals surface area contributed by atoms with E-state index < -0.39 is 5.54 Å². The van der Waals surface area contributed by atoms with Gasteiger partial charge in [0.05, 0.1) is 19.4 Å². The van der Waals surface area contributed by atoms with Gasteiger partial charge in [-0.3, -0.25) is 9.69 Å². The number of likely N-dealkylation sites (tertiary alicyclic amines) is 1. The molecule has 2 heterocycles. The number of oxazole rings is 1. The van der Waals surface area contributed by atoms with Crippen LogP contribution in [0.5, 0.6) is 5.75 Å². The van der Waals surface area contributed by atoms with Crippen LogP contribution < -0.4 is 4.74 Å².